The minimum absolute atomic E-state index is 0.0798. The van der Waals surface area contributed by atoms with Crippen molar-refractivity contribution in [1.82, 2.24) is 0 Å². The quantitative estimate of drug-likeness (QED) is 0.488. The zero-order valence-electron chi connectivity index (χ0n) is 22.0. The van der Waals surface area contributed by atoms with E-state index in [1.165, 1.54) is 5.57 Å². The number of allylic oxidation sites excluding steroid dienone is 3. The number of hydrogen-bond donors (Lipinski definition) is 2. The molecule has 0 aromatic heterocycles. The summed E-state index contributed by atoms with van der Waals surface area (Å²) in [4.78, 5) is 25.6. The maximum absolute atomic E-state index is 13.7. The molecular weight excluding hydrogens is 468 g/mol. The number of cyclic esters (lactones) is 1. The van der Waals surface area contributed by atoms with E-state index in [-0.39, 0.29) is 48.2 Å². The van der Waals surface area contributed by atoms with E-state index in [0.717, 1.165) is 37.7 Å². The second-order valence-electron chi connectivity index (χ2n) is 12.0. The molecule has 0 amide bonds. The van der Waals surface area contributed by atoms with Crippen LogP contribution in [0.25, 0.3) is 0 Å². The van der Waals surface area contributed by atoms with E-state index in [1.807, 2.05) is 12.1 Å². The van der Waals surface area contributed by atoms with Crippen molar-refractivity contribution in [3.63, 3.8) is 0 Å². The van der Waals surface area contributed by atoms with Gasteiger partial charge in [0.05, 0.1) is 17.9 Å². The molecule has 0 bridgehead atoms. The van der Waals surface area contributed by atoms with E-state index >= 15 is 0 Å². The lowest BCUT2D eigenvalue weighted by Gasteiger charge is -2.46. The van der Waals surface area contributed by atoms with Gasteiger partial charge in [-0.15, -0.1) is 0 Å². The maximum atomic E-state index is 13.7. The van der Waals surface area contributed by atoms with E-state index < -0.39 is 11.5 Å². The van der Waals surface area contributed by atoms with Gasteiger partial charge >= 0.3 is 11.9 Å². The van der Waals surface area contributed by atoms with E-state index in [1.54, 1.807) is 12.1 Å². The second kappa shape index (κ2) is 10.6. The van der Waals surface area contributed by atoms with Crippen LogP contribution in [0.1, 0.15) is 70.8 Å². The normalized spacial score (nSPS) is 34.5. The van der Waals surface area contributed by atoms with Crippen LogP contribution in [0, 0.1) is 29.1 Å². The van der Waals surface area contributed by atoms with Crippen LogP contribution >= 0.6 is 0 Å². The van der Waals surface area contributed by atoms with Gasteiger partial charge < -0.3 is 19.7 Å². The molecule has 3 aliphatic carbocycles. The van der Waals surface area contributed by atoms with Crippen LogP contribution in [-0.2, 0) is 25.5 Å². The number of aromatic hydroxyl groups is 1. The molecule has 2 N–H and O–H groups in total. The zero-order chi connectivity index (χ0) is 26.2. The van der Waals surface area contributed by atoms with Gasteiger partial charge in [0.1, 0.15) is 18.0 Å². The summed E-state index contributed by atoms with van der Waals surface area (Å²) >= 11 is 0. The monoisotopic (exact) mass is 508 g/mol. The number of phenols is 1. The number of esters is 2. The molecule has 0 spiro atoms. The molecule has 6 heteroatoms. The van der Waals surface area contributed by atoms with Gasteiger partial charge in [-0.25, -0.2) is 0 Å². The highest BCUT2D eigenvalue weighted by molar-refractivity contribution is 5.78. The van der Waals surface area contributed by atoms with Crippen molar-refractivity contribution in [3.8, 4) is 5.75 Å². The number of aliphatic hydroxyl groups is 1. The molecule has 1 heterocycles. The molecule has 1 aliphatic heterocycles. The van der Waals surface area contributed by atoms with Gasteiger partial charge in [0.15, 0.2) is 0 Å². The minimum Gasteiger partial charge on any atom is -0.508 e. The van der Waals surface area contributed by atoms with Crippen molar-refractivity contribution in [1.29, 1.82) is 0 Å². The number of ether oxygens (including phenoxy) is 2. The van der Waals surface area contributed by atoms with Gasteiger partial charge in [-0.05, 0) is 79.5 Å². The molecule has 1 aromatic carbocycles. The lowest BCUT2D eigenvalue weighted by Crippen LogP contribution is -2.47. The third-order valence-corrected chi connectivity index (χ3v) is 9.13. The van der Waals surface area contributed by atoms with Gasteiger partial charge in [0, 0.05) is 12.3 Å². The fraction of sp³-hybridized carbons (Fsp3) is 0.613. The molecule has 0 radical (unpaired) electrons. The summed E-state index contributed by atoms with van der Waals surface area (Å²) in [6.07, 6.45) is 12.0. The first-order chi connectivity index (χ1) is 17.7. The van der Waals surface area contributed by atoms with Crippen LogP contribution in [0.15, 0.2) is 48.1 Å². The van der Waals surface area contributed by atoms with E-state index in [9.17, 15) is 19.8 Å². The Hall–Kier alpha value is -2.60. The SMILES string of the molecule is C[C@H]1C=C2C=C[C@H](C)[C@H](CC[C@@H]3C[C@@H](O)CC(=O)O3)[C@H]2[C@@H](OC(=O)C2(Cc3ccc(O)cc3)CCC2)C1. The van der Waals surface area contributed by atoms with Crippen molar-refractivity contribution in [3.05, 3.63) is 53.6 Å². The van der Waals surface area contributed by atoms with E-state index in [4.69, 9.17) is 9.47 Å². The number of aliphatic hydroxyl groups excluding tert-OH is 1. The summed E-state index contributed by atoms with van der Waals surface area (Å²) in [5.41, 5.74) is 1.81. The molecule has 1 saturated carbocycles. The Balaban J connectivity index is 1.31. The molecule has 200 valence electrons. The molecule has 37 heavy (non-hydrogen) atoms. The number of fused-ring (bicyclic) bond motifs is 1. The smallest absolute Gasteiger partial charge is 0.312 e. The van der Waals surface area contributed by atoms with Gasteiger partial charge in [0.2, 0.25) is 0 Å². The average molecular weight is 509 g/mol. The average Bonchev–Trinajstić information content (AvgIpc) is 2.81. The minimum atomic E-state index is -0.623. The van der Waals surface area contributed by atoms with Crippen molar-refractivity contribution in [2.45, 2.75) is 89.9 Å². The fourth-order valence-electron chi connectivity index (χ4n) is 6.96. The first-order valence-corrected chi connectivity index (χ1v) is 14.0. The van der Waals surface area contributed by atoms with Crippen LogP contribution in [-0.4, -0.2) is 40.5 Å². The van der Waals surface area contributed by atoms with Crippen LogP contribution < -0.4 is 0 Å². The number of rotatable bonds is 7. The standard InChI is InChI=1S/C31H40O6/c1-19-14-22-7-4-20(2)26(11-10-25-16-24(33)17-28(34)36-25)29(22)27(15-19)37-30(35)31(12-3-13-31)18-21-5-8-23(32)9-6-21/h4-9,14,19-20,24-27,29,32-33H,3,10-13,15-18H2,1-2H3/t19-,20-,24+,25+,26-,27-,29-/m0/s1. The van der Waals surface area contributed by atoms with Gasteiger partial charge in [-0.2, -0.15) is 0 Å². The summed E-state index contributed by atoms with van der Waals surface area (Å²) in [6.45, 7) is 4.40. The highest BCUT2D eigenvalue weighted by Gasteiger charge is 2.49. The van der Waals surface area contributed by atoms with Crippen molar-refractivity contribution in [2.24, 2.45) is 29.1 Å². The summed E-state index contributed by atoms with van der Waals surface area (Å²) in [5.74, 6) is 0.855. The first kappa shape index (κ1) is 26.0. The van der Waals surface area contributed by atoms with Crippen LogP contribution in [0.3, 0.4) is 0 Å². The third kappa shape index (κ3) is 5.64. The van der Waals surface area contributed by atoms with Crippen LogP contribution in [0.4, 0.5) is 0 Å². The third-order valence-electron chi connectivity index (χ3n) is 9.13. The molecule has 1 aromatic rings. The Labute approximate surface area is 219 Å². The number of benzene rings is 1. The Bertz CT molecular complexity index is 1050. The lowest BCUT2D eigenvalue weighted by molar-refractivity contribution is -0.172. The summed E-state index contributed by atoms with van der Waals surface area (Å²) < 4.78 is 12.0. The molecule has 0 unspecified atom stereocenters. The van der Waals surface area contributed by atoms with E-state index in [0.29, 0.717) is 31.1 Å². The Morgan fingerprint density at radius 3 is 2.57 bits per heavy atom. The zero-order valence-corrected chi connectivity index (χ0v) is 22.0. The summed E-state index contributed by atoms with van der Waals surface area (Å²) in [5, 5.41) is 19.7. The molecule has 7 atom stereocenters. The van der Waals surface area contributed by atoms with Crippen LogP contribution in [0.2, 0.25) is 0 Å². The van der Waals surface area contributed by atoms with E-state index in [2.05, 4.69) is 32.1 Å². The summed E-state index contributed by atoms with van der Waals surface area (Å²) in [7, 11) is 0. The predicted octanol–water partition coefficient (Wildman–Crippen LogP) is 5.27. The molecule has 5 rings (SSSR count). The van der Waals surface area contributed by atoms with Gasteiger partial charge in [0.25, 0.3) is 0 Å². The predicted molar refractivity (Wildman–Crippen MR) is 139 cm³/mol. The lowest BCUT2D eigenvalue weighted by atomic mass is 9.64. The number of phenolic OH excluding ortho intramolecular Hbond substituents is 1. The van der Waals surface area contributed by atoms with Crippen LogP contribution in [0.5, 0.6) is 5.75 Å². The van der Waals surface area contributed by atoms with Crippen molar-refractivity contribution < 1.29 is 29.3 Å². The highest BCUT2D eigenvalue weighted by Crippen LogP contribution is 2.49. The largest absolute Gasteiger partial charge is 0.508 e. The molecular formula is C31H40O6. The summed E-state index contributed by atoms with van der Waals surface area (Å²) in [6, 6.07) is 7.14. The fourth-order valence-corrected chi connectivity index (χ4v) is 6.96. The number of carbonyl (C=O) groups excluding carboxylic acids is 2. The first-order valence-electron chi connectivity index (χ1n) is 14.0. The Kier molecular flexibility index (Phi) is 7.49. The maximum Gasteiger partial charge on any atom is 0.312 e. The second-order valence-corrected chi connectivity index (χ2v) is 12.0. The topological polar surface area (TPSA) is 93.1 Å². The molecule has 4 aliphatic rings. The highest BCUT2D eigenvalue weighted by atomic mass is 16.6. The van der Waals surface area contributed by atoms with Crippen molar-refractivity contribution >= 4 is 11.9 Å². The number of hydrogen-bond acceptors (Lipinski definition) is 6. The Morgan fingerprint density at radius 2 is 1.89 bits per heavy atom. The molecule has 6 nitrogen and oxygen atoms in total. The Morgan fingerprint density at radius 1 is 1.14 bits per heavy atom. The van der Waals surface area contributed by atoms with Gasteiger partial charge in [-0.1, -0.05) is 50.6 Å². The number of carbonyl (C=O) groups is 2. The van der Waals surface area contributed by atoms with Crippen molar-refractivity contribution in [2.75, 3.05) is 0 Å². The molecule has 1 saturated heterocycles. The molecule has 2 fully saturated rings. The van der Waals surface area contributed by atoms with Gasteiger partial charge in [-0.3, -0.25) is 9.59 Å².